The molecule has 0 radical (unpaired) electrons. The first-order valence-corrected chi connectivity index (χ1v) is 6.04. The molecule has 1 aliphatic rings. The number of aromatic nitrogens is 2. The van der Waals surface area contributed by atoms with Gasteiger partial charge in [-0.15, -0.1) is 0 Å². The molecule has 92 valence electrons. The maximum Gasteiger partial charge on any atom is 0.168 e. The van der Waals surface area contributed by atoms with E-state index < -0.39 is 5.60 Å². The fourth-order valence-corrected chi connectivity index (χ4v) is 2.64. The van der Waals surface area contributed by atoms with Crippen LogP contribution >= 0.6 is 0 Å². The van der Waals surface area contributed by atoms with Crippen LogP contribution in [0.25, 0.3) is 0 Å². The Morgan fingerprint density at radius 2 is 2.41 bits per heavy atom. The van der Waals surface area contributed by atoms with Crippen LogP contribution in [0.5, 0.6) is 0 Å². The van der Waals surface area contributed by atoms with Gasteiger partial charge in [0.05, 0.1) is 0 Å². The molecule has 0 aromatic carbocycles. The molecular formula is C13H18N2O2. The van der Waals surface area contributed by atoms with Crippen molar-refractivity contribution < 1.29 is 9.53 Å². The van der Waals surface area contributed by atoms with Crippen molar-refractivity contribution in [1.82, 2.24) is 9.97 Å². The average molecular weight is 234 g/mol. The van der Waals surface area contributed by atoms with Crippen LogP contribution in [0.1, 0.15) is 48.9 Å². The van der Waals surface area contributed by atoms with Gasteiger partial charge >= 0.3 is 0 Å². The number of carbonyl (C=O) groups excluding carboxylic acids is 1. The van der Waals surface area contributed by atoms with Crippen molar-refractivity contribution in [2.45, 2.75) is 38.2 Å². The topological polar surface area (TPSA) is 52.1 Å². The average Bonchev–Trinajstić information content (AvgIpc) is 2.38. The smallest absolute Gasteiger partial charge is 0.168 e. The van der Waals surface area contributed by atoms with Gasteiger partial charge in [0.15, 0.2) is 12.1 Å². The number of hydrogen-bond donors (Lipinski definition) is 0. The first-order chi connectivity index (χ1) is 8.20. The van der Waals surface area contributed by atoms with Crippen molar-refractivity contribution in [2.75, 3.05) is 7.11 Å². The number of hydrogen-bond acceptors (Lipinski definition) is 4. The Morgan fingerprint density at radius 3 is 3.06 bits per heavy atom. The van der Waals surface area contributed by atoms with Crippen LogP contribution in [-0.2, 0) is 10.3 Å². The second-order valence-electron chi connectivity index (χ2n) is 4.82. The molecule has 0 N–H and O–H groups in total. The first-order valence-electron chi connectivity index (χ1n) is 6.04. The van der Waals surface area contributed by atoms with Crippen LogP contribution < -0.4 is 0 Å². The summed E-state index contributed by atoms with van der Waals surface area (Å²) in [6.07, 6.45) is 6.57. The van der Waals surface area contributed by atoms with E-state index in [4.69, 9.17) is 4.74 Å². The molecule has 0 bridgehead atoms. The van der Waals surface area contributed by atoms with Gasteiger partial charge in [0.1, 0.15) is 11.3 Å². The molecular weight excluding hydrogens is 216 g/mol. The summed E-state index contributed by atoms with van der Waals surface area (Å²) in [7, 11) is 1.70. The lowest BCUT2D eigenvalue weighted by molar-refractivity contribution is -0.0646. The normalized spacial score (nSPS) is 28.9. The molecule has 1 aliphatic carbocycles. The molecule has 1 fully saturated rings. The van der Waals surface area contributed by atoms with Crippen LogP contribution in [0.2, 0.25) is 0 Å². The molecule has 2 unspecified atom stereocenters. The number of rotatable bonds is 3. The molecule has 0 spiro atoms. The van der Waals surface area contributed by atoms with Gasteiger partial charge in [0, 0.05) is 13.3 Å². The minimum atomic E-state index is -0.406. The molecule has 1 heterocycles. The Balaban J connectivity index is 2.35. The molecule has 0 aliphatic heterocycles. The number of ether oxygens (including phenoxy) is 1. The standard InChI is InChI=1S/C13H18N2O2/c1-10-4-3-6-13(8-10,17-2)12-14-7-5-11(9-16)15-12/h5,7,9-10H,3-4,6,8H2,1-2H3. The van der Waals surface area contributed by atoms with Crippen LogP contribution in [0.15, 0.2) is 12.3 Å². The second kappa shape index (κ2) is 4.92. The Morgan fingerprint density at radius 1 is 1.59 bits per heavy atom. The van der Waals surface area contributed by atoms with Gasteiger partial charge in [0.25, 0.3) is 0 Å². The van der Waals surface area contributed by atoms with Crippen LogP contribution in [0, 0.1) is 5.92 Å². The summed E-state index contributed by atoms with van der Waals surface area (Å²) in [5.41, 5.74) is 0.0149. The zero-order valence-electron chi connectivity index (χ0n) is 10.3. The van der Waals surface area contributed by atoms with Crippen molar-refractivity contribution in [3.63, 3.8) is 0 Å². The van der Waals surface area contributed by atoms with Crippen molar-refractivity contribution in [3.05, 3.63) is 23.8 Å². The summed E-state index contributed by atoms with van der Waals surface area (Å²) in [4.78, 5) is 19.3. The second-order valence-corrected chi connectivity index (χ2v) is 4.82. The fraction of sp³-hybridized carbons (Fsp3) is 0.615. The Labute approximate surface area is 101 Å². The SMILES string of the molecule is COC1(c2nccc(C=O)n2)CCCC(C)C1. The van der Waals surface area contributed by atoms with E-state index in [0.717, 1.165) is 25.5 Å². The Kier molecular flexibility index (Phi) is 3.52. The number of carbonyl (C=O) groups is 1. The van der Waals surface area contributed by atoms with Gasteiger partial charge in [-0.2, -0.15) is 0 Å². The van der Waals surface area contributed by atoms with E-state index in [1.807, 2.05) is 0 Å². The maximum atomic E-state index is 10.8. The fourth-order valence-electron chi connectivity index (χ4n) is 2.64. The van der Waals surface area contributed by atoms with E-state index in [-0.39, 0.29) is 0 Å². The summed E-state index contributed by atoms with van der Waals surface area (Å²) in [6, 6.07) is 1.62. The minimum Gasteiger partial charge on any atom is -0.370 e. The summed E-state index contributed by atoms with van der Waals surface area (Å²) in [5, 5.41) is 0. The molecule has 4 heteroatoms. The zero-order chi connectivity index (χ0) is 12.3. The molecule has 17 heavy (non-hydrogen) atoms. The third-order valence-electron chi connectivity index (χ3n) is 3.55. The van der Waals surface area contributed by atoms with E-state index in [2.05, 4.69) is 16.9 Å². The van der Waals surface area contributed by atoms with Crippen molar-refractivity contribution in [2.24, 2.45) is 5.92 Å². The molecule has 1 aromatic rings. The van der Waals surface area contributed by atoms with E-state index >= 15 is 0 Å². The highest BCUT2D eigenvalue weighted by atomic mass is 16.5. The summed E-state index contributed by atoms with van der Waals surface area (Å²) >= 11 is 0. The highest BCUT2D eigenvalue weighted by molar-refractivity contribution is 5.71. The molecule has 1 aromatic heterocycles. The monoisotopic (exact) mass is 234 g/mol. The van der Waals surface area contributed by atoms with Crippen molar-refractivity contribution in [3.8, 4) is 0 Å². The van der Waals surface area contributed by atoms with Gasteiger partial charge in [0.2, 0.25) is 0 Å². The van der Waals surface area contributed by atoms with Crippen LogP contribution in [-0.4, -0.2) is 23.4 Å². The van der Waals surface area contributed by atoms with Crippen LogP contribution in [0.3, 0.4) is 0 Å². The van der Waals surface area contributed by atoms with E-state index in [1.54, 1.807) is 19.4 Å². The lowest BCUT2D eigenvalue weighted by Gasteiger charge is -2.37. The predicted octanol–water partition coefficient (Wildman–Crippen LogP) is 2.34. The number of methoxy groups -OCH3 is 1. The molecule has 0 amide bonds. The van der Waals surface area contributed by atoms with Gasteiger partial charge in [-0.1, -0.05) is 13.3 Å². The molecule has 2 rings (SSSR count). The summed E-state index contributed by atoms with van der Waals surface area (Å²) < 4.78 is 5.69. The maximum absolute atomic E-state index is 10.8. The Hall–Kier alpha value is -1.29. The highest BCUT2D eigenvalue weighted by Gasteiger charge is 2.39. The molecule has 4 nitrogen and oxygen atoms in total. The molecule has 0 saturated heterocycles. The quantitative estimate of drug-likeness (QED) is 0.753. The lowest BCUT2D eigenvalue weighted by atomic mass is 9.78. The summed E-state index contributed by atoms with van der Waals surface area (Å²) in [6.45, 7) is 2.22. The van der Waals surface area contributed by atoms with E-state index in [0.29, 0.717) is 17.4 Å². The predicted molar refractivity (Wildman–Crippen MR) is 63.7 cm³/mol. The number of aldehydes is 1. The van der Waals surface area contributed by atoms with Crippen molar-refractivity contribution in [1.29, 1.82) is 0 Å². The minimum absolute atomic E-state index is 0.406. The molecule has 1 saturated carbocycles. The molecule has 2 atom stereocenters. The third-order valence-corrected chi connectivity index (χ3v) is 3.55. The van der Waals surface area contributed by atoms with E-state index in [1.165, 1.54) is 6.42 Å². The first kappa shape index (κ1) is 12.2. The largest absolute Gasteiger partial charge is 0.370 e. The summed E-state index contributed by atoms with van der Waals surface area (Å²) in [5.74, 6) is 1.25. The van der Waals surface area contributed by atoms with Crippen molar-refractivity contribution >= 4 is 6.29 Å². The third kappa shape index (κ3) is 2.36. The number of nitrogens with zero attached hydrogens (tertiary/aromatic N) is 2. The van der Waals surface area contributed by atoms with E-state index in [9.17, 15) is 4.79 Å². The van der Waals surface area contributed by atoms with Gasteiger partial charge in [-0.05, 0) is 31.2 Å². The zero-order valence-corrected chi connectivity index (χ0v) is 10.3. The van der Waals surface area contributed by atoms with Gasteiger partial charge in [-0.25, -0.2) is 9.97 Å². The van der Waals surface area contributed by atoms with Gasteiger partial charge < -0.3 is 4.74 Å². The van der Waals surface area contributed by atoms with Crippen LogP contribution in [0.4, 0.5) is 0 Å². The lowest BCUT2D eigenvalue weighted by Crippen LogP contribution is -2.36. The van der Waals surface area contributed by atoms with Gasteiger partial charge in [-0.3, -0.25) is 4.79 Å². The highest BCUT2D eigenvalue weighted by Crippen LogP contribution is 2.40. The Bertz CT molecular complexity index is 408.